The lowest BCUT2D eigenvalue weighted by Gasteiger charge is -2.47. The zero-order chi connectivity index (χ0) is 14.9. The topological polar surface area (TPSA) is 15.3 Å². The summed E-state index contributed by atoms with van der Waals surface area (Å²) in [7, 11) is 0. The first-order valence-electron chi connectivity index (χ1n) is 7.81. The lowest BCUT2D eigenvalue weighted by Crippen LogP contribution is -2.60. The summed E-state index contributed by atoms with van der Waals surface area (Å²) in [5.41, 5.74) is 0.637. The Labute approximate surface area is 126 Å². The predicted molar refractivity (Wildman–Crippen MR) is 83.4 cm³/mol. The normalized spacial score (nSPS) is 28.0. The second kappa shape index (κ2) is 5.79. The second-order valence-electron chi connectivity index (χ2n) is 6.77. The van der Waals surface area contributed by atoms with Crippen LogP contribution in [0.25, 0.3) is 0 Å². The number of nitrogens with zero attached hydrogens (tertiary/aromatic N) is 1. The molecule has 0 amide bonds. The molecule has 3 heteroatoms. The van der Waals surface area contributed by atoms with Crippen molar-refractivity contribution in [1.29, 1.82) is 0 Å². The highest BCUT2D eigenvalue weighted by molar-refractivity contribution is 5.36. The average molecular weight is 286 g/mol. The Morgan fingerprint density at radius 2 is 1.86 bits per heavy atom. The fraction of sp³-hybridized carbons (Fsp3) is 0.556. The minimum Gasteiger partial charge on any atom is -0.302 e. The van der Waals surface area contributed by atoms with E-state index in [1.165, 1.54) is 38.1 Å². The van der Waals surface area contributed by atoms with Crippen LogP contribution in [0.15, 0.2) is 24.3 Å². The molecule has 0 spiro atoms. The van der Waals surface area contributed by atoms with E-state index in [4.69, 9.17) is 0 Å². The van der Waals surface area contributed by atoms with Gasteiger partial charge in [-0.2, -0.15) is 0 Å². The van der Waals surface area contributed by atoms with Gasteiger partial charge in [0.25, 0.3) is 0 Å². The van der Waals surface area contributed by atoms with Crippen molar-refractivity contribution in [2.24, 2.45) is 5.92 Å². The SMILES string of the molecule is CC(C)(C#Cc1ccc(F)cc1)NC1CN2CCC1CC2. The zero-order valence-corrected chi connectivity index (χ0v) is 12.8. The molecule has 1 aromatic carbocycles. The molecule has 21 heavy (non-hydrogen) atoms. The van der Waals surface area contributed by atoms with Gasteiger partial charge in [-0.25, -0.2) is 4.39 Å². The third-order valence-electron chi connectivity index (χ3n) is 4.57. The summed E-state index contributed by atoms with van der Waals surface area (Å²) in [5.74, 6) is 7.03. The summed E-state index contributed by atoms with van der Waals surface area (Å²) in [6, 6.07) is 6.92. The van der Waals surface area contributed by atoms with Gasteiger partial charge in [-0.1, -0.05) is 11.8 Å². The molecule has 3 heterocycles. The minimum atomic E-state index is -0.225. The van der Waals surface area contributed by atoms with Crippen molar-refractivity contribution in [3.05, 3.63) is 35.6 Å². The monoisotopic (exact) mass is 286 g/mol. The summed E-state index contributed by atoms with van der Waals surface area (Å²) >= 11 is 0. The quantitative estimate of drug-likeness (QED) is 0.841. The van der Waals surface area contributed by atoms with E-state index >= 15 is 0 Å². The van der Waals surface area contributed by atoms with Crippen molar-refractivity contribution in [2.75, 3.05) is 19.6 Å². The number of piperidine rings is 3. The molecule has 3 aliphatic heterocycles. The summed E-state index contributed by atoms with van der Waals surface area (Å²) < 4.78 is 12.9. The fourth-order valence-corrected chi connectivity index (χ4v) is 3.39. The molecule has 1 unspecified atom stereocenters. The van der Waals surface area contributed by atoms with Crippen molar-refractivity contribution >= 4 is 0 Å². The van der Waals surface area contributed by atoms with Crippen LogP contribution in [-0.4, -0.2) is 36.1 Å². The van der Waals surface area contributed by atoms with Crippen molar-refractivity contribution in [3.8, 4) is 11.8 Å². The van der Waals surface area contributed by atoms with Crippen LogP contribution in [0.1, 0.15) is 32.3 Å². The Morgan fingerprint density at radius 1 is 1.19 bits per heavy atom. The molecule has 3 saturated heterocycles. The van der Waals surface area contributed by atoms with Crippen LogP contribution < -0.4 is 5.32 Å². The largest absolute Gasteiger partial charge is 0.302 e. The number of nitrogens with one attached hydrogen (secondary N) is 1. The molecule has 0 radical (unpaired) electrons. The van der Waals surface area contributed by atoms with Gasteiger partial charge in [-0.15, -0.1) is 0 Å². The maximum Gasteiger partial charge on any atom is 0.123 e. The van der Waals surface area contributed by atoms with Gasteiger partial charge in [-0.05, 0) is 70.0 Å². The van der Waals surface area contributed by atoms with E-state index in [2.05, 4.69) is 35.9 Å². The van der Waals surface area contributed by atoms with Crippen molar-refractivity contribution in [2.45, 2.75) is 38.3 Å². The highest BCUT2D eigenvalue weighted by Crippen LogP contribution is 2.28. The lowest BCUT2D eigenvalue weighted by molar-refractivity contribution is 0.0644. The standard InChI is InChI=1S/C18H23FN2/c1-18(2,10-7-14-3-5-16(19)6-4-14)20-17-13-21-11-8-15(17)9-12-21/h3-6,15,17,20H,8-9,11-13H2,1-2H3. The highest BCUT2D eigenvalue weighted by Gasteiger charge is 2.36. The summed E-state index contributed by atoms with van der Waals surface area (Å²) in [6.45, 7) is 7.91. The van der Waals surface area contributed by atoms with E-state index in [-0.39, 0.29) is 11.4 Å². The van der Waals surface area contributed by atoms with Gasteiger partial charge in [0.2, 0.25) is 0 Å². The van der Waals surface area contributed by atoms with Crippen molar-refractivity contribution < 1.29 is 4.39 Å². The molecule has 112 valence electrons. The molecule has 0 saturated carbocycles. The van der Waals surface area contributed by atoms with Crippen LogP contribution in [0.4, 0.5) is 4.39 Å². The number of benzene rings is 1. The Bertz CT molecular complexity index is 545. The number of hydrogen-bond acceptors (Lipinski definition) is 2. The van der Waals surface area contributed by atoms with E-state index in [1.807, 2.05) is 0 Å². The molecule has 0 aromatic heterocycles. The van der Waals surface area contributed by atoms with Crippen LogP contribution in [0.3, 0.4) is 0 Å². The molecule has 1 aromatic rings. The molecule has 3 aliphatic rings. The Hall–Kier alpha value is -1.37. The second-order valence-corrected chi connectivity index (χ2v) is 6.77. The predicted octanol–water partition coefficient (Wildman–Crippen LogP) is 2.64. The van der Waals surface area contributed by atoms with Crippen molar-refractivity contribution in [1.82, 2.24) is 10.2 Å². The average Bonchev–Trinajstić information content (AvgIpc) is 2.47. The molecule has 2 nitrogen and oxygen atoms in total. The summed E-state index contributed by atoms with van der Waals surface area (Å²) in [5, 5.41) is 3.72. The van der Waals surface area contributed by atoms with Gasteiger partial charge in [-0.3, -0.25) is 5.32 Å². The van der Waals surface area contributed by atoms with E-state index in [0.717, 1.165) is 18.0 Å². The maximum absolute atomic E-state index is 12.9. The lowest BCUT2D eigenvalue weighted by atomic mass is 9.83. The van der Waals surface area contributed by atoms with Crippen LogP contribution >= 0.6 is 0 Å². The smallest absolute Gasteiger partial charge is 0.123 e. The highest BCUT2D eigenvalue weighted by atomic mass is 19.1. The Morgan fingerprint density at radius 3 is 2.43 bits per heavy atom. The van der Waals surface area contributed by atoms with E-state index in [1.54, 1.807) is 12.1 Å². The minimum absolute atomic E-state index is 0.217. The summed E-state index contributed by atoms with van der Waals surface area (Å²) in [4.78, 5) is 2.54. The summed E-state index contributed by atoms with van der Waals surface area (Å²) in [6.07, 6.45) is 2.61. The molecular weight excluding hydrogens is 263 g/mol. The van der Waals surface area contributed by atoms with E-state index < -0.39 is 0 Å². The molecule has 2 bridgehead atoms. The molecule has 4 rings (SSSR count). The van der Waals surface area contributed by atoms with Crippen LogP contribution in [-0.2, 0) is 0 Å². The van der Waals surface area contributed by atoms with Gasteiger partial charge in [0.05, 0.1) is 5.54 Å². The Kier molecular flexibility index (Phi) is 4.01. The fourth-order valence-electron chi connectivity index (χ4n) is 3.39. The van der Waals surface area contributed by atoms with Gasteiger partial charge in [0, 0.05) is 18.2 Å². The van der Waals surface area contributed by atoms with Crippen molar-refractivity contribution in [3.63, 3.8) is 0 Å². The number of rotatable bonds is 2. The number of fused-ring (bicyclic) bond motifs is 3. The first-order valence-corrected chi connectivity index (χ1v) is 7.81. The van der Waals surface area contributed by atoms with Crippen LogP contribution in [0.2, 0.25) is 0 Å². The van der Waals surface area contributed by atoms with E-state index in [0.29, 0.717) is 6.04 Å². The zero-order valence-electron chi connectivity index (χ0n) is 12.8. The molecule has 1 N–H and O–H groups in total. The first kappa shape index (κ1) is 14.6. The Balaban J connectivity index is 1.65. The van der Waals surface area contributed by atoms with Gasteiger partial charge < -0.3 is 4.90 Å². The van der Waals surface area contributed by atoms with E-state index in [9.17, 15) is 4.39 Å². The third-order valence-corrected chi connectivity index (χ3v) is 4.57. The molecule has 1 atom stereocenters. The molecule has 3 fully saturated rings. The van der Waals surface area contributed by atoms with Crippen LogP contribution in [0.5, 0.6) is 0 Å². The first-order chi connectivity index (χ1) is 10.0. The van der Waals surface area contributed by atoms with Gasteiger partial charge in [0.15, 0.2) is 0 Å². The third kappa shape index (κ3) is 3.64. The molecular formula is C18H23FN2. The van der Waals surface area contributed by atoms with Crippen LogP contribution in [0, 0.1) is 23.6 Å². The van der Waals surface area contributed by atoms with Gasteiger partial charge >= 0.3 is 0 Å². The number of hydrogen-bond donors (Lipinski definition) is 1. The van der Waals surface area contributed by atoms with Gasteiger partial charge in [0.1, 0.15) is 5.82 Å². The molecule has 0 aliphatic carbocycles. The number of halogens is 1. The maximum atomic E-state index is 12.9.